The zero-order chi connectivity index (χ0) is 23.1. The molecule has 1 saturated carbocycles. The third-order valence-corrected chi connectivity index (χ3v) is 6.55. The molecule has 4 aromatic rings. The number of nitrogens with one attached hydrogen (secondary N) is 1. The molecule has 33 heavy (non-hydrogen) atoms. The molecule has 1 aliphatic rings. The Balaban J connectivity index is 1.74. The van der Waals surface area contributed by atoms with Gasteiger partial charge in [0.2, 0.25) is 5.82 Å². The molecule has 170 valence electrons. The summed E-state index contributed by atoms with van der Waals surface area (Å²) in [6.07, 6.45) is 8.18. The van der Waals surface area contributed by atoms with Crippen LogP contribution in [0.15, 0.2) is 40.4 Å². The lowest BCUT2D eigenvalue weighted by Gasteiger charge is -2.27. The molecule has 4 heterocycles. The quantitative estimate of drug-likeness (QED) is 0.427. The van der Waals surface area contributed by atoms with E-state index in [2.05, 4.69) is 33.2 Å². The van der Waals surface area contributed by atoms with E-state index in [0.29, 0.717) is 22.3 Å². The molecule has 1 N–H and O–H groups in total. The molecule has 0 amide bonds. The van der Waals surface area contributed by atoms with E-state index < -0.39 is 5.76 Å². The highest BCUT2D eigenvalue weighted by Gasteiger charge is 2.24. The lowest BCUT2D eigenvalue weighted by molar-refractivity contribution is 0.266. The molecule has 5 rings (SSSR count). The van der Waals surface area contributed by atoms with Crippen LogP contribution in [0, 0.1) is 11.8 Å². The van der Waals surface area contributed by atoms with Gasteiger partial charge in [-0.25, -0.2) is 14.8 Å². The Morgan fingerprint density at radius 3 is 2.70 bits per heavy atom. The Labute approximate surface area is 195 Å². The third kappa shape index (κ3) is 4.23. The number of imidazole rings is 1. The van der Waals surface area contributed by atoms with Crippen LogP contribution in [0.3, 0.4) is 0 Å². The number of aromatic amines is 1. The van der Waals surface area contributed by atoms with Crippen LogP contribution >= 0.6 is 11.6 Å². The second kappa shape index (κ2) is 8.59. The first-order valence-electron chi connectivity index (χ1n) is 11.1. The first-order valence-corrected chi connectivity index (χ1v) is 11.5. The molecule has 0 aromatic carbocycles. The van der Waals surface area contributed by atoms with Crippen molar-refractivity contribution in [1.29, 1.82) is 0 Å². The number of halogens is 1. The second-order valence-corrected chi connectivity index (χ2v) is 9.45. The molecule has 0 spiro atoms. The van der Waals surface area contributed by atoms with E-state index in [-0.39, 0.29) is 5.82 Å². The average Bonchev–Trinajstić information content (AvgIpc) is 3.38. The molecule has 0 unspecified atom stereocenters. The number of H-pyrrole nitrogens is 1. The molecule has 0 radical (unpaired) electrons. The predicted octanol–water partition coefficient (Wildman–Crippen LogP) is 5.35. The molecule has 8 nitrogen and oxygen atoms in total. The number of rotatable bonds is 5. The molecule has 0 atom stereocenters. The summed E-state index contributed by atoms with van der Waals surface area (Å²) in [5, 5.41) is 4.32. The fraction of sp³-hybridized carbons (Fsp3) is 0.375. The van der Waals surface area contributed by atoms with Gasteiger partial charge in [-0.1, -0.05) is 43.1 Å². The topological polar surface area (TPSA) is 102 Å². The molecule has 4 aromatic heterocycles. The van der Waals surface area contributed by atoms with Crippen LogP contribution in [0.4, 0.5) is 0 Å². The summed E-state index contributed by atoms with van der Waals surface area (Å²) in [7, 11) is 0. The summed E-state index contributed by atoms with van der Waals surface area (Å²) < 4.78 is 6.93. The largest absolute Gasteiger partial charge is 0.439 e. The number of hydrogen-bond donors (Lipinski definition) is 1. The minimum absolute atomic E-state index is 0.242. The Bertz CT molecular complexity index is 1390. The van der Waals surface area contributed by atoms with E-state index >= 15 is 0 Å². The van der Waals surface area contributed by atoms with Gasteiger partial charge < -0.3 is 4.57 Å². The number of nitrogens with zero attached hydrogens (tertiary/aromatic N) is 5. The SMILES string of the molecule is C=C(C)c1nc2cc(-c3noc(=O)[nH]3)nc(-c3cncc(Cl)c3)c2n1CC1CCC(C)CC1. The lowest BCUT2D eigenvalue weighted by Crippen LogP contribution is -2.19. The van der Waals surface area contributed by atoms with E-state index in [9.17, 15) is 4.79 Å². The van der Waals surface area contributed by atoms with Gasteiger partial charge in [0, 0.05) is 24.5 Å². The molecule has 1 aliphatic carbocycles. The number of fused-ring (bicyclic) bond motifs is 1. The summed E-state index contributed by atoms with van der Waals surface area (Å²) >= 11 is 6.27. The van der Waals surface area contributed by atoms with Crippen LogP contribution in [0.2, 0.25) is 5.02 Å². The van der Waals surface area contributed by atoms with Crippen LogP contribution in [0.25, 0.3) is 39.4 Å². The van der Waals surface area contributed by atoms with Crippen molar-refractivity contribution >= 4 is 28.2 Å². The van der Waals surface area contributed by atoms with Crippen molar-refractivity contribution in [2.75, 3.05) is 0 Å². The van der Waals surface area contributed by atoms with E-state index in [1.54, 1.807) is 12.4 Å². The van der Waals surface area contributed by atoms with Gasteiger partial charge in [-0.2, -0.15) is 0 Å². The first kappa shape index (κ1) is 21.6. The third-order valence-electron chi connectivity index (χ3n) is 6.34. The number of allylic oxidation sites excluding steroid dienone is 1. The number of pyridine rings is 2. The smallest absolute Gasteiger partial charge is 0.322 e. The van der Waals surface area contributed by atoms with Crippen LogP contribution < -0.4 is 5.76 Å². The normalized spacial score (nSPS) is 18.6. The van der Waals surface area contributed by atoms with E-state index in [1.807, 2.05) is 19.1 Å². The maximum Gasteiger partial charge on any atom is 0.439 e. The van der Waals surface area contributed by atoms with Gasteiger partial charge in [-0.15, -0.1) is 0 Å². The van der Waals surface area contributed by atoms with Crippen LogP contribution in [0.1, 0.15) is 45.4 Å². The summed E-state index contributed by atoms with van der Waals surface area (Å²) in [6, 6.07) is 3.64. The summed E-state index contributed by atoms with van der Waals surface area (Å²) in [4.78, 5) is 28.1. The number of aromatic nitrogens is 6. The van der Waals surface area contributed by atoms with Crippen LogP contribution in [-0.4, -0.2) is 29.7 Å². The van der Waals surface area contributed by atoms with E-state index in [4.69, 9.17) is 26.1 Å². The van der Waals surface area contributed by atoms with Gasteiger partial charge in [0.05, 0.1) is 21.7 Å². The van der Waals surface area contributed by atoms with Crippen molar-refractivity contribution in [1.82, 2.24) is 29.7 Å². The van der Waals surface area contributed by atoms with Crippen molar-refractivity contribution in [3.63, 3.8) is 0 Å². The van der Waals surface area contributed by atoms with Crippen molar-refractivity contribution in [2.45, 2.75) is 46.1 Å². The van der Waals surface area contributed by atoms with Crippen molar-refractivity contribution in [3.05, 3.63) is 52.5 Å². The predicted molar refractivity (Wildman–Crippen MR) is 128 cm³/mol. The van der Waals surface area contributed by atoms with Crippen molar-refractivity contribution in [2.24, 2.45) is 11.8 Å². The minimum atomic E-state index is -0.641. The zero-order valence-electron chi connectivity index (χ0n) is 18.6. The average molecular weight is 465 g/mol. The van der Waals surface area contributed by atoms with Gasteiger partial charge >= 0.3 is 5.76 Å². The summed E-state index contributed by atoms with van der Waals surface area (Å²) in [5.74, 6) is 1.77. The highest BCUT2D eigenvalue weighted by atomic mass is 35.5. The Kier molecular flexibility index (Phi) is 5.62. The van der Waals surface area contributed by atoms with Gasteiger partial charge in [0.1, 0.15) is 11.5 Å². The summed E-state index contributed by atoms with van der Waals surface area (Å²) in [6.45, 7) is 9.30. The summed E-state index contributed by atoms with van der Waals surface area (Å²) in [5.41, 5.74) is 4.39. The molecule has 0 saturated heterocycles. The first-order chi connectivity index (χ1) is 15.9. The maximum atomic E-state index is 11.5. The fourth-order valence-corrected chi connectivity index (χ4v) is 4.81. The van der Waals surface area contributed by atoms with Crippen molar-refractivity contribution < 1.29 is 4.52 Å². The molecular weight excluding hydrogens is 440 g/mol. The van der Waals surface area contributed by atoms with Gasteiger partial charge in [0.15, 0.2) is 0 Å². The maximum absolute atomic E-state index is 11.5. The minimum Gasteiger partial charge on any atom is -0.322 e. The fourth-order valence-electron chi connectivity index (χ4n) is 4.63. The van der Waals surface area contributed by atoms with Gasteiger partial charge in [0.25, 0.3) is 0 Å². The lowest BCUT2D eigenvalue weighted by atomic mass is 9.83. The molecule has 9 heteroatoms. The molecule has 0 bridgehead atoms. The highest BCUT2D eigenvalue weighted by molar-refractivity contribution is 6.30. The number of hydrogen-bond acceptors (Lipinski definition) is 6. The van der Waals surface area contributed by atoms with Gasteiger partial charge in [-0.05, 0) is 49.3 Å². The molecule has 1 fully saturated rings. The standard InChI is InChI=1S/C24H25ClN6O2/c1-13(2)23-28-18-9-19(22-29-24(32)33-30-22)27-20(16-8-17(25)11-26-10-16)21(18)31(23)12-15-6-4-14(3)5-7-15/h8-11,14-15H,1,4-7,12H2,2-3H3,(H,29,30,32). The van der Waals surface area contributed by atoms with Crippen LogP contribution in [0.5, 0.6) is 0 Å². The molecule has 0 aliphatic heterocycles. The van der Waals surface area contributed by atoms with Crippen molar-refractivity contribution in [3.8, 4) is 22.8 Å². The second-order valence-electron chi connectivity index (χ2n) is 9.01. The highest BCUT2D eigenvalue weighted by Crippen LogP contribution is 2.36. The monoisotopic (exact) mass is 464 g/mol. The van der Waals surface area contributed by atoms with Gasteiger partial charge in [-0.3, -0.25) is 14.5 Å². The molecular formula is C24H25ClN6O2. The zero-order valence-corrected chi connectivity index (χ0v) is 19.4. The Morgan fingerprint density at radius 2 is 2.03 bits per heavy atom. The Morgan fingerprint density at radius 1 is 1.24 bits per heavy atom. The van der Waals surface area contributed by atoms with Crippen LogP contribution in [-0.2, 0) is 6.54 Å². The van der Waals surface area contributed by atoms with E-state index in [1.165, 1.54) is 25.7 Å². The Hall–Kier alpha value is -3.26. The van der Waals surface area contributed by atoms with E-state index in [0.717, 1.165) is 40.5 Å².